The van der Waals surface area contributed by atoms with E-state index in [1.54, 1.807) is 6.07 Å². The Morgan fingerprint density at radius 1 is 1.39 bits per heavy atom. The highest BCUT2D eigenvalue weighted by Gasteiger charge is 2.16. The molecule has 1 heterocycles. The number of hydrogen-bond donors (Lipinski definition) is 2. The lowest BCUT2D eigenvalue weighted by molar-refractivity contribution is 0.0696. The fraction of sp³-hybridized carbons (Fsp3) is 0.500. The number of carboxylic acid groups (broad SMARTS) is 1. The molecule has 2 N–H and O–H groups in total. The van der Waals surface area contributed by atoms with Gasteiger partial charge in [0, 0.05) is 11.7 Å². The molecule has 0 atom stereocenters. The summed E-state index contributed by atoms with van der Waals surface area (Å²) in [7, 11) is 2.14. The molecule has 0 unspecified atom stereocenters. The Morgan fingerprint density at radius 2 is 2.06 bits per heavy atom. The van der Waals surface area contributed by atoms with Crippen LogP contribution < -0.4 is 5.32 Å². The number of rotatable bonds is 3. The largest absolute Gasteiger partial charge is 0.478 e. The third-order valence-electron chi connectivity index (χ3n) is 3.55. The fourth-order valence-electron chi connectivity index (χ4n) is 2.38. The van der Waals surface area contributed by atoms with Crippen LogP contribution in [-0.2, 0) is 0 Å². The van der Waals surface area contributed by atoms with Crippen molar-refractivity contribution >= 4 is 11.7 Å². The van der Waals surface area contributed by atoms with E-state index in [4.69, 9.17) is 5.11 Å². The van der Waals surface area contributed by atoms with Gasteiger partial charge in [0.15, 0.2) is 0 Å². The van der Waals surface area contributed by atoms with E-state index in [1.807, 2.05) is 19.1 Å². The van der Waals surface area contributed by atoms with Gasteiger partial charge in [0.05, 0.1) is 5.56 Å². The average Bonchev–Trinajstić information content (AvgIpc) is 2.32. The molecule has 0 radical (unpaired) electrons. The van der Waals surface area contributed by atoms with Crippen LogP contribution >= 0.6 is 0 Å². The summed E-state index contributed by atoms with van der Waals surface area (Å²) in [5, 5.41) is 12.5. The second-order valence-electron chi connectivity index (χ2n) is 5.06. The summed E-state index contributed by atoms with van der Waals surface area (Å²) in [4.78, 5) is 13.3. The molecule has 0 amide bonds. The van der Waals surface area contributed by atoms with Crippen molar-refractivity contribution in [3.05, 3.63) is 29.3 Å². The van der Waals surface area contributed by atoms with Crippen LogP contribution in [0.4, 0.5) is 5.69 Å². The van der Waals surface area contributed by atoms with Crippen molar-refractivity contribution in [3.63, 3.8) is 0 Å². The predicted octanol–water partition coefficient (Wildman–Crippen LogP) is 2.20. The maximum absolute atomic E-state index is 10.9. The normalized spacial score (nSPS) is 17.7. The Kier molecular flexibility index (Phi) is 3.87. The molecule has 18 heavy (non-hydrogen) atoms. The number of aromatic carboxylic acids is 1. The smallest absolute Gasteiger partial charge is 0.335 e. The fourth-order valence-corrected chi connectivity index (χ4v) is 2.38. The monoisotopic (exact) mass is 248 g/mol. The molecule has 1 aromatic rings. The Hall–Kier alpha value is -1.55. The zero-order chi connectivity index (χ0) is 13.1. The first kappa shape index (κ1) is 12.9. The topological polar surface area (TPSA) is 52.6 Å². The summed E-state index contributed by atoms with van der Waals surface area (Å²) < 4.78 is 0. The van der Waals surface area contributed by atoms with Crippen LogP contribution in [0.2, 0.25) is 0 Å². The molecule has 0 spiro atoms. The van der Waals surface area contributed by atoms with E-state index in [1.165, 1.54) is 0 Å². The number of hydrogen-bond acceptors (Lipinski definition) is 3. The second-order valence-corrected chi connectivity index (χ2v) is 5.06. The van der Waals surface area contributed by atoms with Crippen LogP contribution in [0.5, 0.6) is 0 Å². The molecule has 1 aliphatic heterocycles. The number of anilines is 1. The summed E-state index contributed by atoms with van der Waals surface area (Å²) in [5.74, 6) is -0.863. The molecule has 4 heteroatoms. The number of likely N-dealkylation sites (tertiary alicyclic amines) is 1. The summed E-state index contributed by atoms with van der Waals surface area (Å²) in [5.41, 5.74) is 2.21. The number of benzene rings is 1. The van der Waals surface area contributed by atoms with Gasteiger partial charge in [-0.2, -0.15) is 0 Å². The van der Waals surface area contributed by atoms with Gasteiger partial charge < -0.3 is 15.3 Å². The lowest BCUT2D eigenvalue weighted by atomic mass is 10.0. The van der Waals surface area contributed by atoms with E-state index in [0.29, 0.717) is 11.6 Å². The molecular formula is C14H20N2O2. The standard InChI is InChI=1S/C14H20N2O2/c1-10-9-12(3-4-13(10)14(17)18)15-11-5-7-16(2)8-6-11/h3-4,9,11,15H,5-8H2,1-2H3,(H,17,18). The quantitative estimate of drug-likeness (QED) is 0.861. The van der Waals surface area contributed by atoms with Gasteiger partial charge in [-0.15, -0.1) is 0 Å². The maximum Gasteiger partial charge on any atom is 0.335 e. The predicted molar refractivity (Wildman–Crippen MR) is 72.3 cm³/mol. The lowest BCUT2D eigenvalue weighted by Gasteiger charge is -2.30. The van der Waals surface area contributed by atoms with Gasteiger partial charge in [-0.05, 0) is 63.7 Å². The molecule has 1 aliphatic rings. The molecule has 0 bridgehead atoms. The molecule has 98 valence electrons. The zero-order valence-corrected chi connectivity index (χ0v) is 10.9. The maximum atomic E-state index is 10.9. The number of aryl methyl sites for hydroxylation is 1. The Labute approximate surface area is 108 Å². The van der Waals surface area contributed by atoms with Gasteiger partial charge in [0.25, 0.3) is 0 Å². The molecule has 0 saturated carbocycles. The van der Waals surface area contributed by atoms with Gasteiger partial charge in [0.1, 0.15) is 0 Å². The number of piperidine rings is 1. The van der Waals surface area contributed by atoms with Gasteiger partial charge in [-0.1, -0.05) is 0 Å². The van der Waals surface area contributed by atoms with Crippen molar-refractivity contribution in [2.45, 2.75) is 25.8 Å². The van der Waals surface area contributed by atoms with Gasteiger partial charge >= 0.3 is 5.97 Å². The lowest BCUT2D eigenvalue weighted by Crippen LogP contribution is -2.36. The molecule has 0 aliphatic carbocycles. The van der Waals surface area contributed by atoms with E-state index < -0.39 is 5.97 Å². The first-order valence-corrected chi connectivity index (χ1v) is 6.35. The van der Waals surface area contributed by atoms with E-state index in [0.717, 1.165) is 37.2 Å². The molecule has 1 fully saturated rings. The third-order valence-corrected chi connectivity index (χ3v) is 3.55. The zero-order valence-electron chi connectivity index (χ0n) is 10.9. The minimum atomic E-state index is -0.863. The van der Waals surface area contributed by atoms with Crippen LogP contribution in [0.3, 0.4) is 0 Å². The first-order chi connectivity index (χ1) is 8.56. The minimum absolute atomic E-state index is 0.379. The number of carboxylic acids is 1. The summed E-state index contributed by atoms with van der Waals surface area (Å²) in [6.07, 6.45) is 2.27. The van der Waals surface area contributed by atoms with Crippen molar-refractivity contribution in [2.75, 3.05) is 25.5 Å². The molecule has 4 nitrogen and oxygen atoms in total. The van der Waals surface area contributed by atoms with Crippen molar-refractivity contribution in [1.29, 1.82) is 0 Å². The van der Waals surface area contributed by atoms with Crippen molar-refractivity contribution in [1.82, 2.24) is 4.90 Å². The van der Waals surface area contributed by atoms with Gasteiger partial charge in [-0.25, -0.2) is 4.79 Å². The average molecular weight is 248 g/mol. The minimum Gasteiger partial charge on any atom is -0.478 e. The number of nitrogens with one attached hydrogen (secondary N) is 1. The molecule has 2 rings (SSSR count). The van der Waals surface area contributed by atoms with Crippen LogP contribution in [0.25, 0.3) is 0 Å². The highest BCUT2D eigenvalue weighted by Crippen LogP contribution is 2.19. The summed E-state index contributed by atoms with van der Waals surface area (Å²) in [6.45, 7) is 4.07. The summed E-state index contributed by atoms with van der Waals surface area (Å²) in [6, 6.07) is 5.95. The van der Waals surface area contributed by atoms with Crippen LogP contribution in [0.15, 0.2) is 18.2 Å². The number of nitrogens with zero attached hydrogens (tertiary/aromatic N) is 1. The molecule has 1 saturated heterocycles. The van der Waals surface area contributed by atoms with Crippen LogP contribution in [0, 0.1) is 6.92 Å². The van der Waals surface area contributed by atoms with E-state index >= 15 is 0 Å². The summed E-state index contributed by atoms with van der Waals surface area (Å²) >= 11 is 0. The van der Waals surface area contributed by atoms with E-state index in [2.05, 4.69) is 17.3 Å². The van der Waals surface area contributed by atoms with Crippen molar-refractivity contribution in [2.24, 2.45) is 0 Å². The molecule has 1 aromatic carbocycles. The van der Waals surface area contributed by atoms with Gasteiger partial charge in [0.2, 0.25) is 0 Å². The highest BCUT2D eigenvalue weighted by molar-refractivity contribution is 5.89. The molecular weight excluding hydrogens is 228 g/mol. The molecule has 0 aromatic heterocycles. The highest BCUT2D eigenvalue weighted by atomic mass is 16.4. The number of carbonyl (C=O) groups is 1. The van der Waals surface area contributed by atoms with Crippen LogP contribution in [-0.4, -0.2) is 42.2 Å². The van der Waals surface area contributed by atoms with Crippen LogP contribution in [0.1, 0.15) is 28.8 Å². The van der Waals surface area contributed by atoms with E-state index in [-0.39, 0.29) is 0 Å². The van der Waals surface area contributed by atoms with E-state index in [9.17, 15) is 4.79 Å². The third kappa shape index (κ3) is 3.01. The Bertz CT molecular complexity index is 437. The SMILES string of the molecule is Cc1cc(NC2CCN(C)CC2)ccc1C(=O)O. The first-order valence-electron chi connectivity index (χ1n) is 6.35. The van der Waals surface area contributed by atoms with Gasteiger partial charge in [-0.3, -0.25) is 0 Å². The van der Waals surface area contributed by atoms with Crippen molar-refractivity contribution in [3.8, 4) is 0 Å². The Balaban J connectivity index is 2.02. The Morgan fingerprint density at radius 3 is 2.61 bits per heavy atom. The van der Waals surface area contributed by atoms with Crippen molar-refractivity contribution < 1.29 is 9.90 Å². The second kappa shape index (κ2) is 5.40.